The van der Waals surface area contributed by atoms with Gasteiger partial charge in [0, 0.05) is 30.4 Å². The lowest BCUT2D eigenvalue weighted by Gasteiger charge is -2.01. The van der Waals surface area contributed by atoms with Gasteiger partial charge in [0.15, 0.2) is 5.82 Å². The van der Waals surface area contributed by atoms with Gasteiger partial charge >= 0.3 is 0 Å². The Labute approximate surface area is 120 Å². The van der Waals surface area contributed by atoms with Gasteiger partial charge in [-0.1, -0.05) is 0 Å². The quantitative estimate of drug-likeness (QED) is 0.730. The Morgan fingerprint density at radius 3 is 2.90 bits per heavy atom. The van der Waals surface area contributed by atoms with Crippen LogP contribution >= 0.6 is 0 Å². The molecule has 0 radical (unpaired) electrons. The largest absolute Gasteiger partial charge is 0.309 e. The van der Waals surface area contributed by atoms with Crippen LogP contribution in [0.5, 0.6) is 0 Å². The third kappa shape index (κ3) is 3.30. The average molecular weight is 283 g/mol. The molecule has 0 aromatic carbocycles. The fraction of sp³-hybridized carbons (Fsp3) is 0.154. The van der Waals surface area contributed by atoms with Crippen molar-refractivity contribution in [2.75, 3.05) is 5.32 Å². The van der Waals surface area contributed by atoms with E-state index in [1.165, 1.54) is 6.33 Å². The van der Waals surface area contributed by atoms with E-state index >= 15 is 0 Å². The predicted molar refractivity (Wildman–Crippen MR) is 75.1 cm³/mol. The number of aryl methyl sites for hydroxylation is 1. The van der Waals surface area contributed by atoms with Crippen LogP contribution in [-0.4, -0.2) is 35.9 Å². The number of nitrogens with one attached hydrogen (secondary N) is 2. The number of pyridine rings is 1. The van der Waals surface area contributed by atoms with E-state index in [1.807, 2.05) is 12.1 Å². The molecule has 0 unspecified atom stereocenters. The molecule has 0 fully saturated rings. The highest BCUT2D eigenvalue weighted by Gasteiger charge is 2.07. The van der Waals surface area contributed by atoms with Gasteiger partial charge in [0.2, 0.25) is 5.91 Å². The van der Waals surface area contributed by atoms with Crippen LogP contribution in [0.2, 0.25) is 0 Å². The number of hydrogen-bond donors (Lipinski definition) is 2. The molecule has 0 saturated carbocycles. The lowest BCUT2D eigenvalue weighted by molar-refractivity contribution is -0.116. The highest BCUT2D eigenvalue weighted by molar-refractivity contribution is 5.90. The highest BCUT2D eigenvalue weighted by atomic mass is 16.1. The zero-order chi connectivity index (χ0) is 14.5. The lowest BCUT2D eigenvalue weighted by Crippen LogP contribution is -2.14. The molecular weight excluding hydrogens is 270 g/mol. The molecule has 0 spiro atoms. The summed E-state index contributed by atoms with van der Waals surface area (Å²) in [6.45, 7) is 0.480. The van der Waals surface area contributed by atoms with Crippen molar-refractivity contribution in [3.05, 3.63) is 43.2 Å². The fourth-order valence-electron chi connectivity index (χ4n) is 1.83. The van der Waals surface area contributed by atoms with E-state index in [9.17, 15) is 4.79 Å². The molecule has 2 N–H and O–H groups in total. The molecule has 106 valence electrons. The Bertz CT molecular complexity index is 705. The molecule has 3 aromatic rings. The number of carbonyl (C=O) groups excluding carboxylic acids is 1. The monoisotopic (exact) mass is 283 g/mol. The Hall–Kier alpha value is -3.03. The van der Waals surface area contributed by atoms with Crippen LogP contribution in [0.3, 0.4) is 0 Å². The number of nitrogens with zero attached hydrogens (tertiary/aromatic N) is 5. The zero-order valence-electron chi connectivity index (χ0n) is 11.1. The normalized spacial score (nSPS) is 10.5. The number of aromatic amines is 1. The predicted octanol–water partition coefficient (Wildman–Crippen LogP) is 1.09. The molecule has 0 aliphatic heterocycles. The van der Waals surface area contributed by atoms with Gasteiger partial charge in [0.05, 0.1) is 12.2 Å². The van der Waals surface area contributed by atoms with E-state index < -0.39 is 0 Å². The third-order valence-corrected chi connectivity index (χ3v) is 2.87. The number of H-pyrrole nitrogens is 1. The van der Waals surface area contributed by atoms with Crippen molar-refractivity contribution in [3.63, 3.8) is 0 Å². The molecule has 0 atom stereocenters. The van der Waals surface area contributed by atoms with Gasteiger partial charge in [0.1, 0.15) is 12.7 Å². The molecule has 8 heteroatoms. The van der Waals surface area contributed by atoms with Gasteiger partial charge in [0.25, 0.3) is 0 Å². The first-order valence-electron chi connectivity index (χ1n) is 6.39. The molecule has 21 heavy (non-hydrogen) atoms. The zero-order valence-corrected chi connectivity index (χ0v) is 11.1. The van der Waals surface area contributed by atoms with Gasteiger partial charge < -0.3 is 5.32 Å². The first-order chi connectivity index (χ1) is 10.3. The standard InChI is InChI=1S/C13H13N7O/c21-13(3-6-20-9-15-8-16-20)17-12-7-11(18-19-12)10-1-4-14-5-2-10/h1-2,4-5,7-9H,3,6H2,(H2,17,18,19,21). The van der Waals surface area contributed by atoms with E-state index in [2.05, 4.69) is 30.6 Å². The molecule has 1 amide bonds. The maximum Gasteiger partial charge on any atom is 0.227 e. The van der Waals surface area contributed by atoms with Crippen molar-refractivity contribution >= 4 is 11.7 Å². The maximum absolute atomic E-state index is 11.8. The summed E-state index contributed by atoms with van der Waals surface area (Å²) in [5.74, 6) is 0.365. The number of rotatable bonds is 5. The maximum atomic E-state index is 11.8. The van der Waals surface area contributed by atoms with Gasteiger partial charge in [-0.15, -0.1) is 0 Å². The first kappa shape index (κ1) is 13.0. The Balaban J connectivity index is 1.58. The summed E-state index contributed by atoms with van der Waals surface area (Å²) < 4.78 is 1.60. The summed E-state index contributed by atoms with van der Waals surface area (Å²) >= 11 is 0. The van der Waals surface area contributed by atoms with Crippen LogP contribution in [0.1, 0.15) is 6.42 Å². The van der Waals surface area contributed by atoms with Crippen molar-refractivity contribution in [1.29, 1.82) is 0 Å². The fourth-order valence-corrected chi connectivity index (χ4v) is 1.83. The molecule has 3 aromatic heterocycles. The van der Waals surface area contributed by atoms with Gasteiger partial charge in [-0.2, -0.15) is 10.2 Å². The van der Waals surface area contributed by atoms with Crippen molar-refractivity contribution in [2.24, 2.45) is 0 Å². The van der Waals surface area contributed by atoms with E-state index in [0.29, 0.717) is 18.8 Å². The molecule has 0 aliphatic rings. The van der Waals surface area contributed by atoms with Crippen molar-refractivity contribution < 1.29 is 4.79 Å². The van der Waals surface area contributed by atoms with E-state index in [1.54, 1.807) is 29.5 Å². The van der Waals surface area contributed by atoms with Gasteiger partial charge in [-0.05, 0) is 12.1 Å². The van der Waals surface area contributed by atoms with Gasteiger partial charge in [-0.25, -0.2) is 4.98 Å². The minimum atomic E-state index is -0.127. The molecule has 0 aliphatic carbocycles. The number of aromatic nitrogens is 6. The second-order valence-electron chi connectivity index (χ2n) is 4.36. The summed E-state index contributed by atoms with van der Waals surface area (Å²) in [7, 11) is 0. The van der Waals surface area contributed by atoms with Crippen LogP contribution in [0.15, 0.2) is 43.2 Å². The van der Waals surface area contributed by atoms with Crippen LogP contribution in [0, 0.1) is 0 Å². The van der Waals surface area contributed by atoms with E-state index in [-0.39, 0.29) is 5.91 Å². The number of anilines is 1. The molecule has 3 heterocycles. The minimum Gasteiger partial charge on any atom is -0.309 e. The van der Waals surface area contributed by atoms with E-state index in [4.69, 9.17) is 0 Å². The second kappa shape index (κ2) is 5.95. The van der Waals surface area contributed by atoms with Crippen LogP contribution in [0.25, 0.3) is 11.3 Å². The number of hydrogen-bond acceptors (Lipinski definition) is 5. The van der Waals surface area contributed by atoms with Crippen LogP contribution in [-0.2, 0) is 11.3 Å². The van der Waals surface area contributed by atoms with E-state index in [0.717, 1.165) is 11.3 Å². The molecule has 0 saturated heterocycles. The summed E-state index contributed by atoms with van der Waals surface area (Å²) in [6.07, 6.45) is 6.72. The van der Waals surface area contributed by atoms with Crippen molar-refractivity contribution in [2.45, 2.75) is 13.0 Å². The topological polar surface area (TPSA) is 101 Å². The molecule has 3 rings (SSSR count). The molecule has 8 nitrogen and oxygen atoms in total. The summed E-state index contributed by atoms with van der Waals surface area (Å²) in [6, 6.07) is 5.51. The highest BCUT2D eigenvalue weighted by Crippen LogP contribution is 2.18. The summed E-state index contributed by atoms with van der Waals surface area (Å²) in [5, 5.41) is 13.6. The summed E-state index contributed by atoms with van der Waals surface area (Å²) in [4.78, 5) is 19.6. The number of carbonyl (C=O) groups is 1. The number of amides is 1. The van der Waals surface area contributed by atoms with Crippen LogP contribution < -0.4 is 5.32 Å². The lowest BCUT2D eigenvalue weighted by atomic mass is 10.2. The van der Waals surface area contributed by atoms with Crippen LogP contribution in [0.4, 0.5) is 5.82 Å². The van der Waals surface area contributed by atoms with Crippen molar-refractivity contribution in [1.82, 2.24) is 29.9 Å². The first-order valence-corrected chi connectivity index (χ1v) is 6.39. The second-order valence-corrected chi connectivity index (χ2v) is 4.36. The van der Waals surface area contributed by atoms with Gasteiger partial charge in [-0.3, -0.25) is 19.6 Å². The molecule has 0 bridgehead atoms. The Morgan fingerprint density at radius 1 is 1.29 bits per heavy atom. The SMILES string of the molecule is O=C(CCn1cncn1)Nc1cc(-c2ccncc2)[nH]n1. The minimum absolute atomic E-state index is 0.127. The smallest absolute Gasteiger partial charge is 0.227 e. The molecular formula is C13H13N7O. The van der Waals surface area contributed by atoms with Crippen molar-refractivity contribution in [3.8, 4) is 11.3 Å². The third-order valence-electron chi connectivity index (χ3n) is 2.87. The Morgan fingerprint density at radius 2 is 2.14 bits per heavy atom. The Kier molecular flexibility index (Phi) is 3.68. The summed E-state index contributed by atoms with van der Waals surface area (Å²) in [5.41, 5.74) is 1.78. The average Bonchev–Trinajstić information content (AvgIpc) is 3.17.